The van der Waals surface area contributed by atoms with Gasteiger partial charge in [0, 0.05) is 30.9 Å². The van der Waals surface area contributed by atoms with Crippen LogP contribution in [0.3, 0.4) is 0 Å². The van der Waals surface area contributed by atoms with Crippen LogP contribution in [-0.4, -0.2) is 14.1 Å². The number of rotatable bonds is 5. The Labute approximate surface area is 113 Å². The molecule has 0 aliphatic rings. The van der Waals surface area contributed by atoms with E-state index in [4.69, 9.17) is 0 Å². The van der Waals surface area contributed by atoms with Crippen LogP contribution in [0.2, 0.25) is 0 Å². The highest BCUT2D eigenvalue weighted by atomic mass is 16.2. The molecule has 2 aromatic rings. The SMILES string of the molecule is CCCCc1c(-c2ccc(N(C)C)cc2)c(=O)c1=O. The summed E-state index contributed by atoms with van der Waals surface area (Å²) in [6.45, 7) is 2.08. The van der Waals surface area contributed by atoms with Crippen molar-refractivity contribution in [2.75, 3.05) is 19.0 Å². The molecule has 2 rings (SSSR count). The molecule has 0 saturated carbocycles. The number of anilines is 1. The summed E-state index contributed by atoms with van der Waals surface area (Å²) < 4.78 is 0. The quantitative estimate of drug-likeness (QED) is 0.772. The highest BCUT2D eigenvalue weighted by Gasteiger charge is 2.21. The fraction of sp³-hybridized carbons (Fsp3) is 0.375. The zero-order valence-corrected chi connectivity index (χ0v) is 11.7. The molecule has 0 aliphatic heterocycles. The molecule has 2 aromatic carbocycles. The Bertz CT molecular complexity index is 632. The summed E-state index contributed by atoms with van der Waals surface area (Å²) in [4.78, 5) is 25.4. The topological polar surface area (TPSA) is 37.4 Å². The van der Waals surface area contributed by atoms with Gasteiger partial charge < -0.3 is 4.90 Å². The van der Waals surface area contributed by atoms with Gasteiger partial charge in [-0.2, -0.15) is 0 Å². The molecule has 0 aliphatic carbocycles. The molecule has 3 heteroatoms. The number of unbranched alkanes of at least 4 members (excludes halogenated alkanes) is 1. The summed E-state index contributed by atoms with van der Waals surface area (Å²) in [5.74, 6) is 0. The van der Waals surface area contributed by atoms with Gasteiger partial charge in [-0.3, -0.25) is 9.59 Å². The molecule has 0 heterocycles. The molecule has 0 saturated heterocycles. The third-order valence-corrected chi connectivity index (χ3v) is 3.46. The summed E-state index contributed by atoms with van der Waals surface area (Å²) in [6.07, 6.45) is 2.69. The molecule has 3 nitrogen and oxygen atoms in total. The van der Waals surface area contributed by atoms with E-state index in [1.54, 1.807) is 0 Å². The van der Waals surface area contributed by atoms with Crippen molar-refractivity contribution in [1.82, 2.24) is 0 Å². The van der Waals surface area contributed by atoms with Crippen LogP contribution in [0.1, 0.15) is 25.3 Å². The lowest BCUT2D eigenvalue weighted by atomic mass is 9.91. The van der Waals surface area contributed by atoms with E-state index in [9.17, 15) is 9.59 Å². The Morgan fingerprint density at radius 2 is 1.63 bits per heavy atom. The smallest absolute Gasteiger partial charge is 0.234 e. The lowest BCUT2D eigenvalue weighted by molar-refractivity contribution is 0.786. The monoisotopic (exact) mass is 257 g/mol. The zero-order valence-electron chi connectivity index (χ0n) is 11.7. The van der Waals surface area contributed by atoms with Gasteiger partial charge in [0.25, 0.3) is 0 Å². The third-order valence-electron chi connectivity index (χ3n) is 3.46. The second-order valence-corrected chi connectivity index (χ2v) is 5.06. The molecular weight excluding hydrogens is 238 g/mol. The predicted octanol–water partition coefficient (Wildman–Crippen LogP) is 2.36. The van der Waals surface area contributed by atoms with Crippen molar-refractivity contribution in [1.29, 1.82) is 0 Å². The van der Waals surface area contributed by atoms with Crippen LogP contribution >= 0.6 is 0 Å². The maximum atomic E-state index is 11.7. The van der Waals surface area contributed by atoms with E-state index in [-0.39, 0.29) is 10.9 Å². The molecule has 0 bridgehead atoms. The Morgan fingerprint density at radius 1 is 1.00 bits per heavy atom. The van der Waals surface area contributed by atoms with E-state index in [0.717, 1.165) is 24.1 Å². The molecule has 0 aromatic heterocycles. The standard InChI is InChI=1S/C16H19NO2/c1-4-5-6-13-14(16(19)15(13)18)11-7-9-12(10-8-11)17(2)3/h7-10H,4-6H2,1-3H3. The molecule has 0 amide bonds. The number of hydrogen-bond acceptors (Lipinski definition) is 3. The summed E-state index contributed by atoms with van der Waals surface area (Å²) in [7, 11) is 3.94. The van der Waals surface area contributed by atoms with Gasteiger partial charge in [0.1, 0.15) is 0 Å². The van der Waals surface area contributed by atoms with Crippen molar-refractivity contribution in [3.05, 3.63) is 50.3 Å². The van der Waals surface area contributed by atoms with Crippen LogP contribution in [0.25, 0.3) is 11.1 Å². The largest absolute Gasteiger partial charge is 0.378 e. The van der Waals surface area contributed by atoms with Crippen molar-refractivity contribution < 1.29 is 0 Å². The zero-order chi connectivity index (χ0) is 14.0. The lowest BCUT2D eigenvalue weighted by Gasteiger charge is -2.14. The van der Waals surface area contributed by atoms with Crippen LogP contribution in [0, 0.1) is 0 Å². The molecule has 0 fully saturated rings. The molecule has 19 heavy (non-hydrogen) atoms. The van der Waals surface area contributed by atoms with Gasteiger partial charge in [0.15, 0.2) is 0 Å². The van der Waals surface area contributed by atoms with Gasteiger partial charge in [-0.15, -0.1) is 0 Å². The molecule has 0 radical (unpaired) electrons. The van der Waals surface area contributed by atoms with E-state index in [1.165, 1.54) is 0 Å². The van der Waals surface area contributed by atoms with E-state index >= 15 is 0 Å². The van der Waals surface area contributed by atoms with Gasteiger partial charge in [-0.1, -0.05) is 25.5 Å². The fourth-order valence-electron chi connectivity index (χ4n) is 2.26. The van der Waals surface area contributed by atoms with E-state index < -0.39 is 0 Å². The molecule has 100 valence electrons. The van der Waals surface area contributed by atoms with Crippen molar-refractivity contribution in [2.24, 2.45) is 0 Å². The second-order valence-electron chi connectivity index (χ2n) is 5.06. The molecule has 0 N–H and O–H groups in total. The Balaban J connectivity index is 2.34. The lowest BCUT2D eigenvalue weighted by Crippen LogP contribution is -2.37. The first-order chi connectivity index (χ1) is 9.06. The molecular formula is C16H19NO2. The van der Waals surface area contributed by atoms with Crippen LogP contribution in [0.15, 0.2) is 33.9 Å². The summed E-state index contributed by atoms with van der Waals surface area (Å²) in [5.41, 5.74) is 2.66. The van der Waals surface area contributed by atoms with E-state index in [1.807, 2.05) is 43.3 Å². The normalized spacial score (nSPS) is 10.9. The van der Waals surface area contributed by atoms with Crippen LogP contribution in [0.5, 0.6) is 0 Å². The number of nitrogens with zero attached hydrogens (tertiary/aromatic N) is 1. The minimum Gasteiger partial charge on any atom is -0.378 e. The van der Waals surface area contributed by atoms with Gasteiger partial charge >= 0.3 is 0 Å². The van der Waals surface area contributed by atoms with Crippen molar-refractivity contribution >= 4 is 5.69 Å². The predicted molar refractivity (Wildman–Crippen MR) is 79.7 cm³/mol. The van der Waals surface area contributed by atoms with Gasteiger partial charge in [0.2, 0.25) is 10.9 Å². The maximum Gasteiger partial charge on any atom is 0.234 e. The highest BCUT2D eigenvalue weighted by molar-refractivity contribution is 5.72. The third kappa shape index (κ3) is 2.46. The highest BCUT2D eigenvalue weighted by Crippen LogP contribution is 2.23. The molecule has 0 spiro atoms. The van der Waals surface area contributed by atoms with Crippen molar-refractivity contribution in [3.63, 3.8) is 0 Å². The van der Waals surface area contributed by atoms with Gasteiger partial charge in [-0.25, -0.2) is 0 Å². The Hall–Kier alpha value is -1.90. The first-order valence-corrected chi connectivity index (χ1v) is 6.66. The van der Waals surface area contributed by atoms with E-state index in [0.29, 0.717) is 17.5 Å². The first kappa shape index (κ1) is 13.5. The van der Waals surface area contributed by atoms with Crippen LogP contribution < -0.4 is 15.8 Å². The minimum absolute atomic E-state index is 0.292. The van der Waals surface area contributed by atoms with Crippen LogP contribution in [-0.2, 0) is 6.42 Å². The average molecular weight is 257 g/mol. The summed E-state index contributed by atoms with van der Waals surface area (Å²) >= 11 is 0. The molecule has 0 atom stereocenters. The summed E-state index contributed by atoms with van der Waals surface area (Å²) in [6, 6.07) is 7.77. The first-order valence-electron chi connectivity index (χ1n) is 6.66. The second kappa shape index (κ2) is 5.39. The summed E-state index contributed by atoms with van der Waals surface area (Å²) in [5, 5.41) is 0. The van der Waals surface area contributed by atoms with Gasteiger partial charge in [0.05, 0.1) is 0 Å². The molecule has 0 unspecified atom stereocenters. The fourth-order valence-corrected chi connectivity index (χ4v) is 2.26. The van der Waals surface area contributed by atoms with Gasteiger partial charge in [-0.05, 0) is 30.5 Å². The van der Waals surface area contributed by atoms with Crippen molar-refractivity contribution in [2.45, 2.75) is 26.2 Å². The van der Waals surface area contributed by atoms with Crippen molar-refractivity contribution in [3.8, 4) is 11.1 Å². The maximum absolute atomic E-state index is 11.7. The Morgan fingerprint density at radius 3 is 2.16 bits per heavy atom. The number of benzene rings is 1. The van der Waals surface area contributed by atoms with Crippen LogP contribution in [0.4, 0.5) is 5.69 Å². The number of hydrogen-bond donors (Lipinski definition) is 0. The Kier molecular flexibility index (Phi) is 3.84. The van der Waals surface area contributed by atoms with E-state index in [2.05, 4.69) is 6.92 Å². The minimum atomic E-state index is -0.330. The average Bonchev–Trinajstić information content (AvgIpc) is 2.42.